The van der Waals surface area contributed by atoms with E-state index in [2.05, 4.69) is 22.1 Å². The Bertz CT molecular complexity index is 269. The summed E-state index contributed by atoms with van der Waals surface area (Å²) in [7, 11) is 0. The largest absolute Gasteiger partial charge is 0.319 e. The van der Waals surface area contributed by atoms with E-state index in [0.29, 0.717) is 5.92 Å². The number of aromatic amines is 1. The normalized spacial score (nSPS) is 34.8. The van der Waals surface area contributed by atoms with Gasteiger partial charge in [-0.3, -0.25) is 5.10 Å². The van der Waals surface area contributed by atoms with Crippen molar-refractivity contribution < 1.29 is 0 Å². The van der Waals surface area contributed by atoms with Crippen LogP contribution >= 0.6 is 0 Å². The molecule has 3 N–H and O–H groups in total. The van der Waals surface area contributed by atoms with Gasteiger partial charge in [-0.15, -0.1) is 0 Å². The number of H-pyrrole nitrogens is 1. The van der Waals surface area contributed by atoms with Gasteiger partial charge in [0.25, 0.3) is 0 Å². The van der Waals surface area contributed by atoms with E-state index in [-0.39, 0.29) is 5.54 Å². The highest BCUT2D eigenvalue weighted by Crippen LogP contribution is 2.35. The second-order valence-corrected chi connectivity index (χ2v) is 4.19. The summed E-state index contributed by atoms with van der Waals surface area (Å²) in [5, 5.41) is 6.73. The summed E-state index contributed by atoms with van der Waals surface area (Å²) in [6.45, 7) is 2.25. The molecule has 1 saturated carbocycles. The highest BCUT2D eigenvalue weighted by molar-refractivity contribution is 5.04. The number of rotatable bonds is 1. The van der Waals surface area contributed by atoms with Gasteiger partial charge in [0, 0.05) is 0 Å². The topological polar surface area (TPSA) is 67.6 Å². The van der Waals surface area contributed by atoms with E-state index < -0.39 is 0 Å². The van der Waals surface area contributed by atoms with Gasteiger partial charge in [-0.25, -0.2) is 4.98 Å². The molecule has 1 aliphatic rings. The fourth-order valence-corrected chi connectivity index (χ4v) is 2.25. The van der Waals surface area contributed by atoms with Crippen molar-refractivity contribution >= 4 is 0 Å². The van der Waals surface area contributed by atoms with Crippen LogP contribution in [0.5, 0.6) is 0 Å². The number of hydrogen-bond donors (Lipinski definition) is 2. The molecule has 1 aliphatic carbocycles. The summed E-state index contributed by atoms with van der Waals surface area (Å²) in [5.74, 6) is 1.54. The van der Waals surface area contributed by atoms with E-state index in [0.717, 1.165) is 18.7 Å². The molecule has 72 valence electrons. The molecule has 4 heteroatoms. The van der Waals surface area contributed by atoms with Gasteiger partial charge in [-0.05, 0) is 18.8 Å². The molecular weight excluding hydrogens is 164 g/mol. The van der Waals surface area contributed by atoms with Crippen LogP contribution in [0.15, 0.2) is 6.33 Å². The van der Waals surface area contributed by atoms with Gasteiger partial charge in [0.2, 0.25) is 0 Å². The Hall–Kier alpha value is -0.900. The highest BCUT2D eigenvalue weighted by atomic mass is 15.2. The van der Waals surface area contributed by atoms with Crippen LogP contribution in [-0.4, -0.2) is 15.2 Å². The fourth-order valence-electron chi connectivity index (χ4n) is 2.25. The molecule has 2 atom stereocenters. The Kier molecular flexibility index (Phi) is 2.07. The maximum atomic E-state index is 6.28. The first-order valence-corrected chi connectivity index (χ1v) is 4.85. The van der Waals surface area contributed by atoms with Crippen LogP contribution in [0.25, 0.3) is 0 Å². The second-order valence-electron chi connectivity index (χ2n) is 4.19. The number of aromatic nitrogens is 3. The maximum absolute atomic E-state index is 6.28. The Balaban J connectivity index is 2.20. The van der Waals surface area contributed by atoms with E-state index in [1.54, 1.807) is 0 Å². The lowest BCUT2D eigenvalue weighted by atomic mass is 9.76. The predicted octanol–water partition coefficient (Wildman–Crippen LogP) is 1.17. The molecule has 0 amide bonds. The van der Waals surface area contributed by atoms with Crippen LogP contribution in [0.2, 0.25) is 0 Å². The van der Waals surface area contributed by atoms with E-state index >= 15 is 0 Å². The first kappa shape index (κ1) is 8.69. The highest BCUT2D eigenvalue weighted by Gasteiger charge is 2.34. The third-order valence-electron chi connectivity index (χ3n) is 2.92. The monoisotopic (exact) mass is 180 g/mol. The molecule has 1 aromatic rings. The number of hydrogen-bond acceptors (Lipinski definition) is 3. The summed E-state index contributed by atoms with van der Waals surface area (Å²) in [6, 6.07) is 0. The molecule has 4 nitrogen and oxygen atoms in total. The summed E-state index contributed by atoms with van der Waals surface area (Å²) in [5.41, 5.74) is 6.03. The van der Waals surface area contributed by atoms with E-state index in [4.69, 9.17) is 5.73 Å². The molecule has 1 heterocycles. The van der Waals surface area contributed by atoms with Crippen LogP contribution in [0.1, 0.15) is 38.4 Å². The second kappa shape index (κ2) is 3.10. The van der Waals surface area contributed by atoms with Crippen molar-refractivity contribution in [2.45, 2.75) is 38.1 Å². The summed E-state index contributed by atoms with van der Waals surface area (Å²) < 4.78 is 0. The van der Waals surface area contributed by atoms with Crippen molar-refractivity contribution in [1.82, 2.24) is 15.2 Å². The van der Waals surface area contributed by atoms with Crippen LogP contribution in [0.4, 0.5) is 0 Å². The molecule has 2 unspecified atom stereocenters. The first-order chi connectivity index (χ1) is 6.21. The minimum Gasteiger partial charge on any atom is -0.319 e. The minimum absolute atomic E-state index is 0.256. The Morgan fingerprint density at radius 1 is 1.69 bits per heavy atom. The third-order valence-corrected chi connectivity index (χ3v) is 2.92. The Morgan fingerprint density at radius 3 is 3.15 bits per heavy atom. The Labute approximate surface area is 77.9 Å². The average Bonchev–Trinajstić information content (AvgIpc) is 2.55. The number of nitrogens with two attached hydrogens (primary N) is 1. The van der Waals surface area contributed by atoms with Crippen LogP contribution in [0.3, 0.4) is 0 Å². The number of nitrogens with one attached hydrogen (secondary N) is 1. The molecule has 1 aromatic heterocycles. The zero-order chi connectivity index (χ0) is 9.31. The zero-order valence-corrected chi connectivity index (χ0v) is 7.95. The lowest BCUT2D eigenvalue weighted by molar-refractivity contribution is 0.228. The lowest BCUT2D eigenvalue weighted by Gasteiger charge is -2.34. The predicted molar refractivity (Wildman–Crippen MR) is 49.9 cm³/mol. The molecule has 0 saturated heterocycles. The SMILES string of the molecule is CC1CCCC(N)(c2ncn[nH]2)C1. The van der Waals surface area contributed by atoms with Crippen molar-refractivity contribution in [3.63, 3.8) is 0 Å². The third kappa shape index (κ3) is 1.58. The van der Waals surface area contributed by atoms with Gasteiger partial charge < -0.3 is 5.73 Å². The van der Waals surface area contributed by atoms with Crippen molar-refractivity contribution in [2.24, 2.45) is 11.7 Å². The van der Waals surface area contributed by atoms with Crippen LogP contribution in [0, 0.1) is 5.92 Å². The molecule has 0 aliphatic heterocycles. The van der Waals surface area contributed by atoms with E-state index in [1.165, 1.54) is 19.2 Å². The zero-order valence-electron chi connectivity index (χ0n) is 7.95. The summed E-state index contributed by atoms with van der Waals surface area (Å²) >= 11 is 0. The van der Waals surface area contributed by atoms with E-state index in [9.17, 15) is 0 Å². The standard InChI is InChI=1S/C9H16N4/c1-7-3-2-4-9(10,5-7)8-11-6-12-13-8/h6-7H,2-5,10H2,1H3,(H,11,12,13). The van der Waals surface area contributed by atoms with Crippen LogP contribution < -0.4 is 5.73 Å². The van der Waals surface area contributed by atoms with Crippen molar-refractivity contribution in [3.8, 4) is 0 Å². The van der Waals surface area contributed by atoms with E-state index in [1.807, 2.05) is 0 Å². The van der Waals surface area contributed by atoms with Gasteiger partial charge in [0.15, 0.2) is 0 Å². The van der Waals surface area contributed by atoms with Crippen molar-refractivity contribution in [3.05, 3.63) is 12.2 Å². The minimum atomic E-state index is -0.256. The van der Waals surface area contributed by atoms with Crippen molar-refractivity contribution in [1.29, 1.82) is 0 Å². The molecule has 1 fully saturated rings. The molecule has 0 spiro atoms. The van der Waals surface area contributed by atoms with Crippen molar-refractivity contribution in [2.75, 3.05) is 0 Å². The Morgan fingerprint density at radius 2 is 2.54 bits per heavy atom. The molecular formula is C9H16N4. The van der Waals surface area contributed by atoms with Gasteiger partial charge in [0.05, 0.1) is 5.54 Å². The molecule has 13 heavy (non-hydrogen) atoms. The molecule has 2 rings (SSSR count). The quantitative estimate of drug-likeness (QED) is 0.681. The van der Waals surface area contributed by atoms with Gasteiger partial charge >= 0.3 is 0 Å². The lowest BCUT2D eigenvalue weighted by Crippen LogP contribution is -2.42. The van der Waals surface area contributed by atoms with Gasteiger partial charge in [-0.1, -0.05) is 19.8 Å². The smallest absolute Gasteiger partial charge is 0.144 e. The van der Waals surface area contributed by atoms with Crippen LogP contribution in [-0.2, 0) is 5.54 Å². The fraction of sp³-hybridized carbons (Fsp3) is 0.778. The summed E-state index contributed by atoms with van der Waals surface area (Å²) in [6.07, 6.45) is 6.05. The number of nitrogens with zero attached hydrogens (tertiary/aromatic N) is 2. The van der Waals surface area contributed by atoms with Gasteiger partial charge in [-0.2, -0.15) is 5.10 Å². The maximum Gasteiger partial charge on any atom is 0.144 e. The molecule has 0 bridgehead atoms. The average molecular weight is 180 g/mol. The first-order valence-electron chi connectivity index (χ1n) is 4.85. The van der Waals surface area contributed by atoms with Gasteiger partial charge in [0.1, 0.15) is 12.2 Å². The molecule has 0 aromatic carbocycles. The summed E-state index contributed by atoms with van der Waals surface area (Å²) in [4.78, 5) is 4.15. The molecule has 0 radical (unpaired) electrons.